The number of fused-ring (bicyclic) bond motifs is 1. The molecule has 0 spiro atoms. The van der Waals surface area contributed by atoms with Crippen molar-refractivity contribution in [3.8, 4) is 0 Å². The van der Waals surface area contributed by atoms with Crippen molar-refractivity contribution < 1.29 is 0 Å². The van der Waals surface area contributed by atoms with E-state index in [1.165, 1.54) is 0 Å². The SMILES string of the molecule is Cc1cc(Cl)cc2c(C(C)N)cc(C(C)(C)C)nc12. The van der Waals surface area contributed by atoms with Crippen LogP contribution in [0.1, 0.15) is 50.6 Å². The van der Waals surface area contributed by atoms with Crippen molar-refractivity contribution in [2.45, 2.75) is 46.1 Å². The Morgan fingerprint density at radius 1 is 1.21 bits per heavy atom. The average molecular weight is 277 g/mol. The monoisotopic (exact) mass is 276 g/mol. The minimum absolute atomic E-state index is 0.00388. The van der Waals surface area contributed by atoms with E-state index in [4.69, 9.17) is 22.3 Å². The Hall–Kier alpha value is -1.12. The standard InChI is InChI=1S/C16H21ClN2/c1-9-6-11(17)7-13-12(10(2)18)8-14(16(3,4)5)19-15(9)13/h6-8,10H,18H2,1-5H3. The molecule has 1 heterocycles. The molecule has 1 atom stereocenters. The van der Waals surface area contributed by atoms with Crippen LogP contribution in [0.4, 0.5) is 0 Å². The minimum atomic E-state index is -0.0375. The third kappa shape index (κ3) is 2.75. The van der Waals surface area contributed by atoms with Crippen LogP contribution in [-0.2, 0) is 5.41 Å². The predicted molar refractivity (Wildman–Crippen MR) is 82.8 cm³/mol. The van der Waals surface area contributed by atoms with Gasteiger partial charge in [0.2, 0.25) is 0 Å². The van der Waals surface area contributed by atoms with Gasteiger partial charge in [-0.2, -0.15) is 0 Å². The maximum Gasteiger partial charge on any atom is 0.0739 e. The fourth-order valence-electron chi connectivity index (χ4n) is 2.24. The Morgan fingerprint density at radius 3 is 2.37 bits per heavy atom. The number of hydrogen-bond donors (Lipinski definition) is 1. The molecule has 0 saturated carbocycles. The van der Waals surface area contributed by atoms with E-state index in [9.17, 15) is 0 Å². The van der Waals surface area contributed by atoms with Gasteiger partial charge in [0.1, 0.15) is 0 Å². The molecule has 1 unspecified atom stereocenters. The summed E-state index contributed by atoms with van der Waals surface area (Å²) in [5.74, 6) is 0. The van der Waals surface area contributed by atoms with Crippen LogP contribution < -0.4 is 5.73 Å². The van der Waals surface area contributed by atoms with E-state index in [0.29, 0.717) is 0 Å². The van der Waals surface area contributed by atoms with Crippen LogP contribution in [0.3, 0.4) is 0 Å². The first-order valence-corrected chi connectivity index (χ1v) is 6.95. The van der Waals surface area contributed by atoms with Crippen molar-refractivity contribution in [3.05, 3.63) is 40.0 Å². The number of benzene rings is 1. The number of hydrogen-bond acceptors (Lipinski definition) is 2. The summed E-state index contributed by atoms with van der Waals surface area (Å²) >= 11 is 6.16. The summed E-state index contributed by atoms with van der Waals surface area (Å²) in [6, 6.07) is 5.99. The normalized spacial score (nSPS) is 13.8. The Bertz CT molecular complexity index is 625. The quantitative estimate of drug-likeness (QED) is 0.832. The second-order valence-electron chi connectivity index (χ2n) is 6.25. The van der Waals surface area contributed by atoms with Crippen LogP contribution in [-0.4, -0.2) is 4.98 Å². The Balaban J connectivity index is 2.88. The van der Waals surface area contributed by atoms with E-state index in [1.807, 2.05) is 26.0 Å². The zero-order chi connectivity index (χ0) is 14.4. The molecule has 2 aromatic rings. The predicted octanol–water partition coefficient (Wildman–Crippen LogP) is 4.51. The van der Waals surface area contributed by atoms with Crippen molar-refractivity contribution in [1.29, 1.82) is 0 Å². The molecule has 102 valence electrons. The van der Waals surface area contributed by atoms with Crippen molar-refractivity contribution >= 4 is 22.5 Å². The first-order valence-electron chi connectivity index (χ1n) is 6.57. The van der Waals surface area contributed by atoms with Crippen LogP contribution in [0.25, 0.3) is 10.9 Å². The third-order valence-corrected chi connectivity index (χ3v) is 3.58. The lowest BCUT2D eigenvalue weighted by atomic mass is 9.88. The molecule has 1 aromatic carbocycles. The molecule has 2 N–H and O–H groups in total. The molecule has 0 aliphatic heterocycles. The van der Waals surface area contributed by atoms with Crippen molar-refractivity contribution in [2.75, 3.05) is 0 Å². The Morgan fingerprint density at radius 2 is 1.84 bits per heavy atom. The molecule has 0 aliphatic carbocycles. The molecule has 0 aliphatic rings. The van der Waals surface area contributed by atoms with E-state index in [1.54, 1.807) is 0 Å². The number of halogens is 1. The lowest BCUT2D eigenvalue weighted by Crippen LogP contribution is -2.16. The highest BCUT2D eigenvalue weighted by atomic mass is 35.5. The first kappa shape index (κ1) is 14.3. The van der Waals surface area contributed by atoms with Gasteiger partial charge in [-0.15, -0.1) is 0 Å². The second-order valence-corrected chi connectivity index (χ2v) is 6.69. The second kappa shape index (κ2) is 4.77. The molecule has 19 heavy (non-hydrogen) atoms. The maximum absolute atomic E-state index is 6.16. The Labute approximate surface area is 120 Å². The van der Waals surface area contributed by atoms with Gasteiger partial charge < -0.3 is 5.73 Å². The summed E-state index contributed by atoms with van der Waals surface area (Å²) in [7, 11) is 0. The molecule has 2 nitrogen and oxygen atoms in total. The van der Waals surface area contributed by atoms with Gasteiger partial charge in [0.15, 0.2) is 0 Å². The fourth-order valence-corrected chi connectivity index (χ4v) is 2.52. The number of aryl methyl sites for hydroxylation is 1. The fraction of sp³-hybridized carbons (Fsp3) is 0.438. The van der Waals surface area contributed by atoms with Crippen molar-refractivity contribution in [1.82, 2.24) is 4.98 Å². The summed E-state index contributed by atoms with van der Waals surface area (Å²) in [6.45, 7) is 10.5. The summed E-state index contributed by atoms with van der Waals surface area (Å²) in [5.41, 5.74) is 10.4. The van der Waals surface area contributed by atoms with E-state index in [-0.39, 0.29) is 11.5 Å². The van der Waals surface area contributed by atoms with Crippen LogP contribution in [0, 0.1) is 6.92 Å². The van der Waals surface area contributed by atoms with Gasteiger partial charge >= 0.3 is 0 Å². The van der Waals surface area contributed by atoms with Gasteiger partial charge in [0.25, 0.3) is 0 Å². The van der Waals surface area contributed by atoms with Gasteiger partial charge in [-0.05, 0) is 43.2 Å². The summed E-state index contributed by atoms with van der Waals surface area (Å²) in [5, 5.41) is 1.80. The zero-order valence-corrected chi connectivity index (χ0v) is 13.0. The van der Waals surface area contributed by atoms with Crippen molar-refractivity contribution in [2.24, 2.45) is 5.73 Å². The van der Waals surface area contributed by atoms with Crippen molar-refractivity contribution in [3.63, 3.8) is 0 Å². The molecule has 2 rings (SSSR count). The summed E-state index contributed by atoms with van der Waals surface area (Å²) in [6.07, 6.45) is 0. The first-order chi connectivity index (χ1) is 8.70. The third-order valence-electron chi connectivity index (χ3n) is 3.36. The number of pyridine rings is 1. The van der Waals surface area contributed by atoms with E-state index in [2.05, 4.69) is 26.8 Å². The maximum atomic E-state index is 6.16. The van der Waals surface area contributed by atoms with Gasteiger partial charge in [0, 0.05) is 27.6 Å². The average Bonchev–Trinajstić information content (AvgIpc) is 2.25. The highest BCUT2D eigenvalue weighted by molar-refractivity contribution is 6.31. The Kier molecular flexibility index (Phi) is 3.59. The minimum Gasteiger partial charge on any atom is -0.324 e. The van der Waals surface area contributed by atoms with Crippen LogP contribution in [0.5, 0.6) is 0 Å². The highest BCUT2D eigenvalue weighted by Crippen LogP contribution is 2.32. The molecule has 0 fully saturated rings. The summed E-state index contributed by atoms with van der Waals surface area (Å²) < 4.78 is 0. The van der Waals surface area contributed by atoms with E-state index < -0.39 is 0 Å². The molecule has 0 saturated heterocycles. The molecule has 1 aromatic heterocycles. The number of aromatic nitrogens is 1. The number of nitrogens with zero attached hydrogens (tertiary/aromatic N) is 1. The van der Waals surface area contributed by atoms with Crippen LogP contribution in [0.15, 0.2) is 18.2 Å². The molecule has 0 radical (unpaired) electrons. The van der Waals surface area contributed by atoms with E-state index >= 15 is 0 Å². The van der Waals surface area contributed by atoms with Crippen LogP contribution in [0.2, 0.25) is 5.02 Å². The molecule has 3 heteroatoms. The van der Waals surface area contributed by atoms with Crippen LogP contribution >= 0.6 is 11.6 Å². The largest absolute Gasteiger partial charge is 0.324 e. The highest BCUT2D eigenvalue weighted by Gasteiger charge is 2.19. The topological polar surface area (TPSA) is 38.9 Å². The number of rotatable bonds is 1. The summed E-state index contributed by atoms with van der Waals surface area (Å²) in [4.78, 5) is 4.82. The molecule has 0 bridgehead atoms. The molecular weight excluding hydrogens is 256 g/mol. The van der Waals surface area contributed by atoms with Gasteiger partial charge in [-0.1, -0.05) is 32.4 Å². The van der Waals surface area contributed by atoms with Gasteiger partial charge in [0.05, 0.1) is 5.52 Å². The van der Waals surface area contributed by atoms with Gasteiger partial charge in [-0.3, -0.25) is 4.98 Å². The molecular formula is C16H21ClN2. The van der Waals surface area contributed by atoms with E-state index in [0.717, 1.165) is 32.7 Å². The zero-order valence-electron chi connectivity index (χ0n) is 12.2. The number of nitrogens with two attached hydrogens (primary N) is 1. The lowest BCUT2D eigenvalue weighted by Gasteiger charge is -2.22. The lowest BCUT2D eigenvalue weighted by molar-refractivity contribution is 0.569. The smallest absolute Gasteiger partial charge is 0.0739 e. The molecule has 0 amide bonds. The van der Waals surface area contributed by atoms with Gasteiger partial charge in [-0.25, -0.2) is 0 Å².